The molecule has 6 heteroatoms. The SMILES string of the molecule is CC(=O)NC(C)C(=O)NCC(C)(O)c1cccs1. The van der Waals surface area contributed by atoms with E-state index >= 15 is 0 Å². The second-order valence-electron chi connectivity index (χ2n) is 4.39. The van der Waals surface area contributed by atoms with E-state index in [4.69, 9.17) is 0 Å². The molecule has 1 heterocycles. The Morgan fingerprint density at radius 2 is 2.22 bits per heavy atom. The van der Waals surface area contributed by atoms with E-state index in [1.807, 2.05) is 17.5 Å². The van der Waals surface area contributed by atoms with Gasteiger partial charge in [-0.3, -0.25) is 9.59 Å². The Labute approximate surface area is 110 Å². The molecule has 3 N–H and O–H groups in total. The van der Waals surface area contributed by atoms with Gasteiger partial charge in [0.25, 0.3) is 0 Å². The largest absolute Gasteiger partial charge is 0.383 e. The number of hydrogen-bond donors (Lipinski definition) is 3. The molecule has 1 aromatic rings. The van der Waals surface area contributed by atoms with Crippen LogP contribution in [0.5, 0.6) is 0 Å². The first-order valence-electron chi connectivity index (χ1n) is 5.64. The van der Waals surface area contributed by atoms with E-state index in [2.05, 4.69) is 10.6 Å². The van der Waals surface area contributed by atoms with Crippen molar-refractivity contribution in [1.82, 2.24) is 10.6 Å². The average Bonchev–Trinajstić information content (AvgIpc) is 2.78. The molecule has 0 saturated heterocycles. The highest BCUT2D eigenvalue weighted by atomic mass is 32.1. The van der Waals surface area contributed by atoms with E-state index in [9.17, 15) is 14.7 Å². The molecule has 0 aliphatic rings. The molecule has 0 radical (unpaired) electrons. The molecule has 0 aliphatic carbocycles. The molecule has 0 aromatic carbocycles. The third-order valence-electron chi connectivity index (χ3n) is 2.47. The number of carbonyl (C=O) groups excluding carboxylic acids is 2. The minimum Gasteiger partial charge on any atom is -0.383 e. The molecule has 0 bridgehead atoms. The zero-order chi connectivity index (χ0) is 13.8. The van der Waals surface area contributed by atoms with Gasteiger partial charge in [-0.25, -0.2) is 0 Å². The van der Waals surface area contributed by atoms with Gasteiger partial charge in [0.15, 0.2) is 0 Å². The van der Waals surface area contributed by atoms with Crippen molar-refractivity contribution in [3.63, 3.8) is 0 Å². The van der Waals surface area contributed by atoms with E-state index in [0.717, 1.165) is 4.88 Å². The van der Waals surface area contributed by atoms with Gasteiger partial charge in [-0.05, 0) is 25.3 Å². The zero-order valence-corrected chi connectivity index (χ0v) is 11.5. The fraction of sp³-hybridized carbons (Fsp3) is 0.500. The van der Waals surface area contributed by atoms with Crippen LogP contribution < -0.4 is 10.6 Å². The number of nitrogens with one attached hydrogen (secondary N) is 2. The molecule has 0 spiro atoms. The topological polar surface area (TPSA) is 78.4 Å². The van der Waals surface area contributed by atoms with Gasteiger partial charge in [0, 0.05) is 11.8 Å². The van der Waals surface area contributed by atoms with E-state index in [0.29, 0.717) is 0 Å². The van der Waals surface area contributed by atoms with Gasteiger partial charge in [-0.1, -0.05) is 6.07 Å². The zero-order valence-electron chi connectivity index (χ0n) is 10.7. The van der Waals surface area contributed by atoms with Crippen molar-refractivity contribution >= 4 is 23.2 Å². The van der Waals surface area contributed by atoms with Crippen molar-refractivity contribution in [1.29, 1.82) is 0 Å². The Kier molecular flexibility index (Phi) is 4.86. The number of aliphatic hydroxyl groups is 1. The maximum Gasteiger partial charge on any atom is 0.242 e. The average molecular weight is 270 g/mol. The van der Waals surface area contributed by atoms with E-state index in [1.54, 1.807) is 13.8 Å². The lowest BCUT2D eigenvalue weighted by atomic mass is 10.1. The van der Waals surface area contributed by atoms with Crippen LogP contribution in [0.2, 0.25) is 0 Å². The fourth-order valence-corrected chi connectivity index (χ4v) is 2.24. The van der Waals surface area contributed by atoms with Crippen LogP contribution in [-0.2, 0) is 15.2 Å². The van der Waals surface area contributed by atoms with Crippen LogP contribution in [0.3, 0.4) is 0 Å². The second-order valence-corrected chi connectivity index (χ2v) is 5.34. The highest BCUT2D eigenvalue weighted by Gasteiger charge is 2.25. The highest BCUT2D eigenvalue weighted by Crippen LogP contribution is 2.24. The van der Waals surface area contributed by atoms with E-state index in [1.165, 1.54) is 18.3 Å². The number of thiophene rings is 1. The van der Waals surface area contributed by atoms with Crippen molar-refractivity contribution < 1.29 is 14.7 Å². The molecule has 1 aromatic heterocycles. The Bertz CT molecular complexity index is 415. The summed E-state index contributed by atoms with van der Waals surface area (Å²) in [5, 5.41) is 17.2. The van der Waals surface area contributed by atoms with Crippen LogP contribution in [0.1, 0.15) is 25.6 Å². The summed E-state index contributed by atoms with van der Waals surface area (Å²) in [6, 6.07) is 3.05. The van der Waals surface area contributed by atoms with Gasteiger partial charge in [0.2, 0.25) is 11.8 Å². The minimum absolute atomic E-state index is 0.107. The summed E-state index contributed by atoms with van der Waals surface area (Å²) >= 11 is 1.43. The van der Waals surface area contributed by atoms with Crippen LogP contribution in [0.4, 0.5) is 0 Å². The predicted molar refractivity (Wildman–Crippen MR) is 70.2 cm³/mol. The summed E-state index contributed by atoms with van der Waals surface area (Å²) in [7, 11) is 0. The summed E-state index contributed by atoms with van der Waals surface area (Å²) in [4.78, 5) is 23.3. The monoisotopic (exact) mass is 270 g/mol. The maximum absolute atomic E-state index is 11.7. The molecule has 2 unspecified atom stereocenters. The first kappa shape index (κ1) is 14.7. The number of hydrogen-bond acceptors (Lipinski definition) is 4. The number of amides is 2. The molecular weight excluding hydrogens is 252 g/mol. The lowest BCUT2D eigenvalue weighted by Gasteiger charge is -2.23. The molecule has 18 heavy (non-hydrogen) atoms. The van der Waals surface area contributed by atoms with E-state index < -0.39 is 11.6 Å². The van der Waals surface area contributed by atoms with Crippen molar-refractivity contribution in [2.45, 2.75) is 32.4 Å². The molecule has 1 rings (SSSR count). The van der Waals surface area contributed by atoms with Crippen LogP contribution in [0.15, 0.2) is 17.5 Å². The molecule has 100 valence electrons. The first-order valence-corrected chi connectivity index (χ1v) is 6.52. The van der Waals surface area contributed by atoms with Gasteiger partial charge in [-0.2, -0.15) is 0 Å². The fourth-order valence-electron chi connectivity index (χ4n) is 1.45. The Morgan fingerprint density at radius 1 is 1.56 bits per heavy atom. The maximum atomic E-state index is 11.7. The third kappa shape index (κ3) is 4.12. The highest BCUT2D eigenvalue weighted by molar-refractivity contribution is 7.10. The van der Waals surface area contributed by atoms with Gasteiger partial charge in [0.1, 0.15) is 11.6 Å². The van der Waals surface area contributed by atoms with Gasteiger partial charge < -0.3 is 15.7 Å². The van der Waals surface area contributed by atoms with Crippen molar-refractivity contribution in [2.24, 2.45) is 0 Å². The van der Waals surface area contributed by atoms with Crippen LogP contribution in [-0.4, -0.2) is 29.5 Å². The summed E-state index contributed by atoms with van der Waals surface area (Å²) < 4.78 is 0. The Hall–Kier alpha value is -1.40. The first-order chi connectivity index (χ1) is 8.33. The summed E-state index contributed by atoms with van der Waals surface area (Å²) in [5.74, 6) is -0.579. The van der Waals surface area contributed by atoms with Crippen molar-refractivity contribution in [2.75, 3.05) is 6.54 Å². The molecule has 5 nitrogen and oxygen atoms in total. The predicted octanol–water partition coefficient (Wildman–Crippen LogP) is 0.596. The van der Waals surface area contributed by atoms with Crippen LogP contribution in [0, 0.1) is 0 Å². The van der Waals surface area contributed by atoms with Gasteiger partial charge in [0.05, 0.1) is 6.54 Å². The molecule has 2 amide bonds. The summed E-state index contributed by atoms with van der Waals surface area (Å²) in [5.41, 5.74) is -1.10. The van der Waals surface area contributed by atoms with Gasteiger partial charge >= 0.3 is 0 Å². The number of rotatable bonds is 5. The van der Waals surface area contributed by atoms with Crippen molar-refractivity contribution in [3.8, 4) is 0 Å². The summed E-state index contributed by atoms with van der Waals surface area (Å²) in [6.07, 6.45) is 0. The van der Waals surface area contributed by atoms with Crippen molar-refractivity contribution in [3.05, 3.63) is 22.4 Å². The third-order valence-corrected chi connectivity index (χ3v) is 3.59. The molecule has 2 atom stereocenters. The Balaban J connectivity index is 2.50. The smallest absolute Gasteiger partial charge is 0.242 e. The quantitative estimate of drug-likeness (QED) is 0.733. The lowest BCUT2D eigenvalue weighted by molar-refractivity contribution is -0.128. The number of carbonyl (C=O) groups is 2. The second kappa shape index (κ2) is 5.97. The summed E-state index contributed by atoms with van der Waals surface area (Å²) in [6.45, 7) is 4.70. The lowest BCUT2D eigenvalue weighted by Crippen LogP contribution is -2.47. The standard InChI is InChI=1S/C12H18N2O3S/c1-8(14-9(2)15)11(16)13-7-12(3,17)10-5-4-6-18-10/h4-6,8,17H,7H2,1-3H3,(H,13,16)(H,14,15). The van der Waals surface area contributed by atoms with E-state index in [-0.39, 0.29) is 18.4 Å². The molecule has 0 fully saturated rings. The molecular formula is C12H18N2O3S. The minimum atomic E-state index is -1.10. The van der Waals surface area contributed by atoms with Gasteiger partial charge in [-0.15, -0.1) is 11.3 Å². The normalized spacial score (nSPS) is 15.6. The van der Waals surface area contributed by atoms with Crippen LogP contribution in [0.25, 0.3) is 0 Å². The molecule has 0 aliphatic heterocycles. The molecule has 0 saturated carbocycles. The van der Waals surface area contributed by atoms with Crippen LogP contribution >= 0.6 is 11.3 Å². The Morgan fingerprint density at radius 3 is 2.72 bits per heavy atom.